The molecule has 0 aliphatic carbocycles. The molecule has 5 nitrogen and oxygen atoms in total. The first-order chi connectivity index (χ1) is 9.24. The van der Waals surface area contributed by atoms with Crippen LogP contribution in [0.5, 0.6) is 5.88 Å². The van der Waals surface area contributed by atoms with Gasteiger partial charge in [0.2, 0.25) is 11.8 Å². The summed E-state index contributed by atoms with van der Waals surface area (Å²) in [4.78, 5) is 12.6. The van der Waals surface area contributed by atoms with Crippen molar-refractivity contribution in [1.29, 1.82) is 0 Å². The van der Waals surface area contributed by atoms with Gasteiger partial charge in [0.1, 0.15) is 5.03 Å². The Bertz CT molecular complexity index is 696. The van der Waals surface area contributed by atoms with Crippen LogP contribution in [0, 0.1) is 0 Å². The van der Waals surface area contributed by atoms with E-state index in [-0.39, 0.29) is 5.95 Å². The summed E-state index contributed by atoms with van der Waals surface area (Å²) in [6.45, 7) is 0. The Hall–Kier alpha value is -1.86. The lowest BCUT2D eigenvalue weighted by atomic mass is 10.3. The molecule has 3 rings (SSSR count). The maximum atomic E-state index is 5.63. The minimum Gasteiger partial charge on any atom is -0.481 e. The van der Waals surface area contributed by atoms with Gasteiger partial charge in [-0.05, 0) is 23.9 Å². The molecule has 0 amide bonds. The molecular formula is C12H10N4OS2. The van der Waals surface area contributed by atoms with Crippen molar-refractivity contribution in [3.8, 4) is 5.88 Å². The molecule has 1 aromatic carbocycles. The van der Waals surface area contributed by atoms with Crippen LogP contribution in [-0.4, -0.2) is 22.1 Å². The molecule has 0 bridgehead atoms. The van der Waals surface area contributed by atoms with E-state index in [1.54, 1.807) is 24.5 Å². The maximum Gasteiger partial charge on any atom is 0.224 e. The first kappa shape index (κ1) is 12.2. The molecule has 2 N–H and O–H groups in total. The fourth-order valence-electron chi connectivity index (χ4n) is 1.56. The second-order valence-electron chi connectivity index (χ2n) is 3.66. The number of fused-ring (bicyclic) bond motifs is 1. The van der Waals surface area contributed by atoms with Gasteiger partial charge < -0.3 is 10.5 Å². The molecule has 0 radical (unpaired) electrons. The van der Waals surface area contributed by atoms with Gasteiger partial charge in [-0.3, -0.25) is 0 Å². The number of nitrogens with two attached hydrogens (primary N) is 1. The molecule has 3 aromatic rings. The Balaban J connectivity index is 1.94. The van der Waals surface area contributed by atoms with Crippen LogP contribution in [0.2, 0.25) is 0 Å². The number of ether oxygens (including phenoxy) is 1. The highest BCUT2D eigenvalue weighted by molar-refractivity contribution is 8.01. The number of nitrogen functional groups attached to an aromatic ring is 1. The molecule has 0 fully saturated rings. The number of anilines is 1. The number of thiazole rings is 1. The number of rotatable bonds is 3. The third kappa shape index (κ3) is 2.61. The largest absolute Gasteiger partial charge is 0.481 e. The average Bonchev–Trinajstić information content (AvgIpc) is 2.80. The Morgan fingerprint density at radius 2 is 2.05 bits per heavy atom. The van der Waals surface area contributed by atoms with Crippen molar-refractivity contribution in [2.75, 3.05) is 12.8 Å². The summed E-state index contributed by atoms with van der Waals surface area (Å²) in [6, 6.07) is 9.76. The maximum absolute atomic E-state index is 5.63. The van der Waals surface area contributed by atoms with Gasteiger partial charge in [-0.15, -0.1) is 11.3 Å². The van der Waals surface area contributed by atoms with Gasteiger partial charge in [-0.25, -0.2) is 9.97 Å². The summed E-state index contributed by atoms with van der Waals surface area (Å²) < 4.78 is 7.14. The Morgan fingerprint density at radius 1 is 1.21 bits per heavy atom. The third-order valence-electron chi connectivity index (χ3n) is 2.37. The van der Waals surface area contributed by atoms with Crippen LogP contribution in [0.4, 0.5) is 5.95 Å². The Kier molecular flexibility index (Phi) is 3.22. The van der Waals surface area contributed by atoms with E-state index < -0.39 is 0 Å². The molecule has 0 atom stereocenters. The summed E-state index contributed by atoms with van der Waals surface area (Å²) in [5.41, 5.74) is 6.62. The van der Waals surface area contributed by atoms with Crippen LogP contribution in [-0.2, 0) is 0 Å². The number of hydrogen-bond donors (Lipinski definition) is 1. The predicted molar refractivity (Wildman–Crippen MR) is 76.7 cm³/mol. The van der Waals surface area contributed by atoms with E-state index in [1.165, 1.54) is 11.8 Å². The standard InChI is InChI=1S/C12H10N4OS2/c1-17-9-6-10(16-11(13)15-9)19-12-14-7-4-2-3-5-8(7)18-12/h2-6H,1H3,(H2,13,15,16). The lowest BCUT2D eigenvalue weighted by Crippen LogP contribution is -1.98. The van der Waals surface area contributed by atoms with Crippen LogP contribution in [0.1, 0.15) is 0 Å². The summed E-state index contributed by atoms with van der Waals surface area (Å²) in [5.74, 6) is 0.652. The SMILES string of the molecule is COc1cc(Sc2nc3ccccc3s2)nc(N)n1. The number of methoxy groups -OCH3 is 1. The van der Waals surface area contributed by atoms with Crippen molar-refractivity contribution in [2.45, 2.75) is 9.37 Å². The zero-order valence-corrected chi connectivity index (χ0v) is 11.7. The highest BCUT2D eigenvalue weighted by atomic mass is 32.2. The number of aromatic nitrogens is 3. The summed E-state index contributed by atoms with van der Waals surface area (Å²) in [6.07, 6.45) is 0. The van der Waals surface area contributed by atoms with Crippen molar-refractivity contribution >= 4 is 39.3 Å². The lowest BCUT2D eigenvalue weighted by molar-refractivity contribution is 0.396. The zero-order chi connectivity index (χ0) is 13.2. The van der Waals surface area contributed by atoms with Crippen LogP contribution < -0.4 is 10.5 Å². The second kappa shape index (κ2) is 5.02. The number of para-hydroxylation sites is 1. The Morgan fingerprint density at radius 3 is 2.84 bits per heavy atom. The molecule has 19 heavy (non-hydrogen) atoms. The average molecular weight is 290 g/mol. The zero-order valence-electron chi connectivity index (χ0n) is 10.0. The normalized spacial score (nSPS) is 10.8. The Labute approximate surface area is 117 Å². The van der Waals surface area contributed by atoms with Gasteiger partial charge in [0.15, 0.2) is 4.34 Å². The smallest absolute Gasteiger partial charge is 0.224 e. The van der Waals surface area contributed by atoms with E-state index in [4.69, 9.17) is 10.5 Å². The van der Waals surface area contributed by atoms with Crippen LogP contribution in [0.3, 0.4) is 0 Å². The van der Waals surface area contributed by atoms with Gasteiger partial charge in [0.05, 0.1) is 17.3 Å². The fraction of sp³-hybridized carbons (Fsp3) is 0.0833. The summed E-state index contributed by atoms with van der Waals surface area (Å²) in [5, 5.41) is 0.725. The quantitative estimate of drug-likeness (QED) is 0.748. The molecule has 0 aliphatic heterocycles. The lowest BCUT2D eigenvalue weighted by Gasteiger charge is -2.02. The van der Waals surface area contributed by atoms with Crippen LogP contribution in [0.15, 0.2) is 39.7 Å². The fourth-order valence-corrected chi connectivity index (χ4v) is 3.57. The second-order valence-corrected chi connectivity index (χ2v) is 5.95. The molecule has 0 saturated carbocycles. The van der Waals surface area contributed by atoms with Gasteiger partial charge in [0.25, 0.3) is 0 Å². The van der Waals surface area contributed by atoms with Crippen molar-refractivity contribution in [1.82, 2.24) is 15.0 Å². The third-order valence-corrected chi connectivity index (χ3v) is 4.39. The van der Waals surface area contributed by atoms with Gasteiger partial charge >= 0.3 is 0 Å². The molecule has 0 spiro atoms. The van der Waals surface area contributed by atoms with Gasteiger partial charge in [-0.2, -0.15) is 4.98 Å². The van der Waals surface area contributed by atoms with E-state index in [1.807, 2.05) is 24.3 Å². The monoisotopic (exact) mass is 290 g/mol. The van der Waals surface area contributed by atoms with Crippen LogP contribution >= 0.6 is 23.1 Å². The number of nitrogens with zero attached hydrogens (tertiary/aromatic N) is 3. The molecule has 0 saturated heterocycles. The highest BCUT2D eigenvalue weighted by Crippen LogP contribution is 2.34. The van der Waals surface area contributed by atoms with E-state index in [9.17, 15) is 0 Å². The van der Waals surface area contributed by atoms with E-state index in [0.29, 0.717) is 5.88 Å². The van der Waals surface area contributed by atoms with Gasteiger partial charge in [0, 0.05) is 6.07 Å². The number of benzene rings is 1. The van der Waals surface area contributed by atoms with Crippen molar-refractivity contribution < 1.29 is 4.74 Å². The number of hydrogen-bond acceptors (Lipinski definition) is 7. The molecule has 96 valence electrons. The molecule has 0 unspecified atom stereocenters. The summed E-state index contributed by atoms with van der Waals surface area (Å²) >= 11 is 3.07. The minimum absolute atomic E-state index is 0.197. The molecule has 0 aliphatic rings. The minimum atomic E-state index is 0.197. The van der Waals surface area contributed by atoms with Crippen molar-refractivity contribution in [3.05, 3.63) is 30.3 Å². The van der Waals surface area contributed by atoms with Crippen molar-refractivity contribution in [2.24, 2.45) is 0 Å². The molecule has 2 aromatic heterocycles. The first-order valence-corrected chi connectivity index (χ1v) is 7.10. The molecular weight excluding hydrogens is 280 g/mol. The topological polar surface area (TPSA) is 73.9 Å². The summed E-state index contributed by atoms with van der Waals surface area (Å²) in [7, 11) is 1.55. The predicted octanol–water partition coefficient (Wildman–Crippen LogP) is 2.83. The van der Waals surface area contributed by atoms with E-state index >= 15 is 0 Å². The molecule has 7 heteroatoms. The van der Waals surface area contributed by atoms with Crippen molar-refractivity contribution in [3.63, 3.8) is 0 Å². The molecule has 2 heterocycles. The van der Waals surface area contributed by atoms with E-state index in [2.05, 4.69) is 15.0 Å². The first-order valence-electron chi connectivity index (χ1n) is 5.46. The van der Waals surface area contributed by atoms with Crippen LogP contribution in [0.25, 0.3) is 10.2 Å². The highest BCUT2D eigenvalue weighted by Gasteiger charge is 2.08. The van der Waals surface area contributed by atoms with Gasteiger partial charge in [-0.1, -0.05) is 12.1 Å². The van der Waals surface area contributed by atoms with E-state index in [0.717, 1.165) is 19.6 Å².